The summed E-state index contributed by atoms with van der Waals surface area (Å²) in [5.74, 6) is 0.923. The highest BCUT2D eigenvalue weighted by atomic mass is 32.1. The van der Waals surface area contributed by atoms with Crippen molar-refractivity contribution in [1.29, 1.82) is 0 Å². The van der Waals surface area contributed by atoms with Crippen LogP contribution in [0.25, 0.3) is 10.6 Å². The predicted octanol–water partition coefficient (Wildman–Crippen LogP) is 3.41. The van der Waals surface area contributed by atoms with E-state index in [9.17, 15) is 4.79 Å². The molecule has 0 atom stereocenters. The standard InChI is InChI=1S/C14H17N3OS/c1-9(2)5-6-11(18)12-13(15)17-14(19-12)10-4-3-7-16-8-10/h3-4,7-9H,5-6,15H2,1-2H3. The fourth-order valence-corrected chi connectivity index (χ4v) is 2.62. The summed E-state index contributed by atoms with van der Waals surface area (Å²) in [6.45, 7) is 4.20. The van der Waals surface area contributed by atoms with Gasteiger partial charge in [-0.1, -0.05) is 13.8 Å². The SMILES string of the molecule is CC(C)CCC(=O)c1sc(-c2cccnc2)nc1N. The molecule has 0 fully saturated rings. The number of hydrogen-bond donors (Lipinski definition) is 1. The lowest BCUT2D eigenvalue weighted by Crippen LogP contribution is -2.02. The maximum absolute atomic E-state index is 12.1. The van der Waals surface area contributed by atoms with Crippen LogP contribution in [0.15, 0.2) is 24.5 Å². The molecule has 0 spiro atoms. The Kier molecular flexibility index (Phi) is 4.27. The number of anilines is 1. The van der Waals surface area contributed by atoms with Gasteiger partial charge in [0.25, 0.3) is 0 Å². The van der Waals surface area contributed by atoms with Gasteiger partial charge in [-0.2, -0.15) is 0 Å². The number of hydrogen-bond acceptors (Lipinski definition) is 5. The third-order valence-corrected chi connectivity index (χ3v) is 3.93. The Balaban J connectivity index is 2.20. The Morgan fingerprint density at radius 1 is 1.47 bits per heavy atom. The van der Waals surface area contributed by atoms with Crippen molar-refractivity contribution in [3.63, 3.8) is 0 Å². The van der Waals surface area contributed by atoms with Gasteiger partial charge in [0.2, 0.25) is 0 Å². The molecule has 4 nitrogen and oxygen atoms in total. The van der Waals surface area contributed by atoms with E-state index in [1.165, 1.54) is 11.3 Å². The minimum Gasteiger partial charge on any atom is -0.382 e. The van der Waals surface area contributed by atoms with Gasteiger partial charge in [0, 0.05) is 24.4 Å². The zero-order chi connectivity index (χ0) is 13.8. The molecule has 2 rings (SSSR count). The number of carbonyl (C=O) groups is 1. The predicted molar refractivity (Wildman–Crippen MR) is 78.2 cm³/mol. The summed E-state index contributed by atoms with van der Waals surface area (Å²) in [5, 5.41) is 0.749. The van der Waals surface area contributed by atoms with E-state index in [1.54, 1.807) is 12.4 Å². The summed E-state index contributed by atoms with van der Waals surface area (Å²) in [6, 6.07) is 3.75. The molecular weight excluding hydrogens is 258 g/mol. The normalized spacial score (nSPS) is 10.9. The van der Waals surface area contributed by atoms with Gasteiger partial charge in [0.15, 0.2) is 5.78 Å². The fraction of sp³-hybridized carbons (Fsp3) is 0.357. The molecule has 0 radical (unpaired) electrons. The maximum Gasteiger partial charge on any atom is 0.176 e. The molecule has 0 bridgehead atoms. The smallest absolute Gasteiger partial charge is 0.176 e. The Morgan fingerprint density at radius 3 is 2.89 bits per heavy atom. The summed E-state index contributed by atoms with van der Waals surface area (Å²) in [5.41, 5.74) is 6.73. The van der Waals surface area contributed by atoms with Crippen LogP contribution in [0.1, 0.15) is 36.4 Å². The van der Waals surface area contributed by atoms with E-state index in [2.05, 4.69) is 23.8 Å². The zero-order valence-electron chi connectivity index (χ0n) is 11.1. The van der Waals surface area contributed by atoms with Crippen molar-refractivity contribution in [2.24, 2.45) is 5.92 Å². The molecule has 19 heavy (non-hydrogen) atoms. The quantitative estimate of drug-likeness (QED) is 0.849. The van der Waals surface area contributed by atoms with Crippen LogP contribution in [0.3, 0.4) is 0 Å². The highest BCUT2D eigenvalue weighted by Crippen LogP contribution is 2.30. The van der Waals surface area contributed by atoms with Gasteiger partial charge in [-0.3, -0.25) is 9.78 Å². The Morgan fingerprint density at radius 2 is 2.26 bits per heavy atom. The number of nitrogens with zero attached hydrogens (tertiary/aromatic N) is 2. The van der Waals surface area contributed by atoms with Crippen molar-refractivity contribution in [3.8, 4) is 10.6 Å². The fourth-order valence-electron chi connectivity index (χ4n) is 1.68. The van der Waals surface area contributed by atoms with Gasteiger partial charge in [-0.25, -0.2) is 4.98 Å². The van der Waals surface area contributed by atoms with Crippen LogP contribution in [0.2, 0.25) is 0 Å². The molecule has 0 aliphatic rings. The van der Waals surface area contributed by atoms with Gasteiger partial charge in [-0.15, -0.1) is 11.3 Å². The van der Waals surface area contributed by atoms with Crippen LogP contribution >= 0.6 is 11.3 Å². The molecule has 2 N–H and O–H groups in total. The Labute approximate surface area is 116 Å². The van der Waals surface area contributed by atoms with Gasteiger partial charge in [0.05, 0.1) is 0 Å². The van der Waals surface area contributed by atoms with Crippen molar-refractivity contribution >= 4 is 22.9 Å². The molecule has 0 aliphatic carbocycles. The number of carbonyl (C=O) groups excluding carboxylic acids is 1. The summed E-state index contributed by atoms with van der Waals surface area (Å²) in [6.07, 6.45) is 4.82. The number of thiazole rings is 1. The first-order valence-electron chi connectivity index (χ1n) is 6.28. The van der Waals surface area contributed by atoms with Crippen molar-refractivity contribution < 1.29 is 4.79 Å². The molecule has 0 aliphatic heterocycles. The van der Waals surface area contributed by atoms with Crippen LogP contribution in [0.4, 0.5) is 5.82 Å². The van der Waals surface area contributed by atoms with E-state index in [1.807, 2.05) is 12.1 Å². The van der Waals surface area contributed by atoms with Crippen LogP contribution in [-0.4, -0.2) is 15.8 Å². The number of ketones is 1. The van der Waals surface area contributed by atoms with Gasteiger partial charge < -0.3 is 5.73 Å². The van der Waals surface area contributed by atoms with E-state index in [-0.39, 0.29) is 5.78 Å². The van der Waals surface area contributed by atoms with Crippen molar-refractivity contribution in [3.05, 3.63) is 29.4 Å². The van der Waals surface area contributed by atoms with Crippen LogP contribution in [-0.2, 0) is 0 Å². The minimum absolute atomic E-state index is 0.0823. The Bertz CT molecular complexity index is 563. The number of nitrogen functional groups attached to an aromatic ring is 1. The summed E-state index contributed by atoms with van der Waals surface area (Å²) in [7, 11) is 0. The molecule has 0 aromatic carbocycles. The second-order valence-corrected chi connectivity index (χ2v) is 5.83. The molecule has 0 saturated heterocycles. The first-order chi connectivity index (χ1) is 9.08. The molecule has 0 amide bonds. The van der Waals surface area contributed by atoms with E-state index < -0.39 is 0 Å². The summed E-state index contributed by atoms with van der Waals surface area (Å²) >= 11 is 1.35. The minimum atomic E-state index is 0.0823. The van der Waals surface area contributed by atoms with Crippen molar-refractivity contribution in [2.45, 2.75) is 26.7 Å². The number of nitrogens with two attached hydrogens (primary N) is 1. The van der Waals surface area contributed by atoms with Crippen molar-refractivity contribution in [1.82, 2.24) is 9.97 Å². The van der Waals surface area contributed by atoms with Crippen molar-refractivity contribution in [2.75, 3.05) is 5.73 Å². The summed E-state index contributed by atoms with van der Waals surface area (Å²) < 4.78 is 0. The van der Waals surface area contributed by atoms with Crippen LogP contribution < -0.4 is 5.73 Å². The second kappa shape index (κ2) is 5.93. The molecule has 2 heterocycles. The number of Topliss-reactive ketones (excluding diaryl/α,β-unsaturated/α-hetero) is 1. The van der Waals surface area contributed by atoms with Gasteiger partial charge in [-0.05, 0) is 24.5 Å². The number of rotatable bonds is 5. The zero-order valence-corrected chi connectivity index (χ0v) is 11.9. The molecule has 2 aromatic rings. The molecule has 0 saturated carbocycles. The molecular formula is C14H17N3OS. The van der Waals surface area contributed by atoms with Crippen LogP contribution in [0.5, 0.6) is 0 Å². The lowest BCUT2D eigenvalue weighted by molar-refractivity contribution is 0.0980. The third-order valence-electron chi connectivity index (χ3n) is 2.76. The third kappa shape index (κ3) is 3.38. The monoisotopic (exact) mass is 275 g/mol. The topological polar surface area (TPSA) is 68.9 Å². The number of pyridine rings is 1. The average Bonchev–Trinajstić information content (AvgIpc) is 2.79. The molecule has 100 valence electrons. The van der Waals surface area contributed by atoms with Crippen LogP contribution in [0, 0.1) is 5.92 Å². The van der Waals surface area contributed by atoms with E-state index in [0.717, 1.165) is 17.0 Å². The highest BCUT2D eigenvalue weighted by Gasteiger charge is 2.17. The first kappa shape index (κ1) is 13.7. The summed E-state index contributed by atoms with van der Waals surface area (Å²) in [4.78, 5) is 21.0. The maximum atomic E-state index is 12.1. The van der Waals surface area contributed by atoms with E-state index in [4.69, 9.17) is 5.73 Å². The van der Waals surface area contributed by atoms with E-state index in [0.29, 0.717) is 23.0 Å². The van der Waals surface area contributed by atoms with Gasteiger partial charge in [0.1, 0.15) is 15.7 Å². The second-order valence-electron chi connectivity index (χ2n) is 4.83. The average molecular weight is 275 g/mol. The molecule has 0 unspecified atom stereocenters. The first-order valence-corrected chi connectivity index (χ1v) is 7.09. The lowest BCUT2D eigenvalue weighted by Gasteiger charge is -2.02. The molecule has 5 heteroatoms. The lowest BCUT2D eigenvalue weighted by atomic mass is 10.1. The highest BCUT2D eigenvalue weighted by molar-refractivity contribution is 7.17. The Hall–Kier alpha value is -1.75. The van der Waals surface area contributed by atoms with Gasteiger partial charge >= 0.3 is 0 Å². The molecule has 2 aromatic heterocycles. The van der Waals surface area contributed by atoms with E-state index >= 15 is 0 Å². The largest absolute Gasteiger partial charge is 0.382 e. The number of aromatic nitrogens is 2.